The summed E-state index contributed by atoms with van der Waals surface area (Å²) in [5.74, 6) is -0.636. The molecule has 1 atom stereocenters. The Kier molecular flexibility index (Phi) is 9.39. The summed E-state index contributed by atoms with van der Waals surface area (Å²) in [4.78, 5) is 54.6. The maximum Gasteiger partial charge on any atom is 0.272 e. The highest BCUT2D eigenvalue weighted by Crippen LogP contribution is 2.42. The smallest absolute Gasteiger partial charge is 0.272 e. The number of rotatable bonds is 9. The number of benzene rings is 4. The number of imide groups is 1. The van der Waals surface area contributed by atoms with E-state index in [1.165, 1.54) is 37.1 Å². The second-order valence-electron chi connectivity index (χ2n) is 10.3. The molecule has 2 aliphatic heterocycles. The molecule has 2 heterocycles. The van der Waals surface area contributed by atoms with Gasteiger partial charge in [0.05, 0.1) is 23.1 Å². The number of anilines is 2. The van der Waals surface area contributed by atoms with Gasteiger partial charge in [0.15, 0.2) is 11.5 Å². The summed E-state index contributed by atoms with van der Waals surface area (Å²) in [6.45, 7) is 0.0261. The van der Waals surface area contributed by atoms with Crippen LogP contribution in [0.15, 0.2) is 95.5 Å². The summed E-state index contributed by atoms with van der Waals surface area (Å²) < 4.78 is 16.4. The minimum absolute atomic E-state index is 0.0261. The highest BCUT2D eigenvalue weighted by molar-refractivity contribution is 8.00. The molecule has 0 aliphatic carbocycles. The third-order valence-corrected chi connectivity index (χ3v) is 8.88. The number of thioether (sulfide) groups is 1. The van der Waals surface area contributed by atoms with Crippen molar-refractivity contribution < 1.29 is 33.4 Å². The Morgan fingerprint density at radius 1 is 0.979 bits per heavy atom. The average Bonchev–Trinajstić information content (AvgIpc) is 3.65. The monoisotopic (exact) mass is 689 g/mol. The Morgan fingerprint density at radius 2 is 1.79 bits per heavy atom. The zero-order valence-corrected chi connectivity index (χ0v) is 26.9. The molecule has 4 amide bonds. The lowest BCUT2D eigenvalue weighted by Gasteiger charge is -2.17. The number of ether oxygens (including phenoxy) is 3. The van der Waals surface area contributed by atoms with Crippen LogP contribution in [0.4, 0.5) is 11.4 Å². The summed E-state index contributed by atoms with van der Waals surface area (Å²) in [7, 11) is 1.49. The first-order valence-electron chi connectivity index (χ1n) is 14.2. The number of nitrogens with one attached hydrogen (secondary N) is 2. The van der Waals surface area contributed by atoms with E-state index in [4.69, 9.17) is 37.4 Å². The van der Waals surface area contributed by atoms with Gasteiger partial charge in [0.2, 0.25) is 24.4 Å². The van der Waals surface area contributed by atoms with Gasteiger partial charge in [-0.15, -0.1) is 11.8 Å². The molecule has 4 aromatic carbocycles. The standard InChI is InChI=1S/C34H25Cl2N3O7S/c1-44-27-13-19(14-28-31(27)46-18-45-28)12-25(38-32(41)20-6-3-2-4-7-20)33(42)37-22-8-5-9-23(16-22)47-29-17-30(40)39(34(29)43)26-15-21(35)10-11-24(26)36/h2-16,29H,17-18H2,1H3,(H,37,42)(H,38,41). The van der Waals surface area contributed by atoms with Gasteiger partial charge >= 0.3 is 0 Å². The number of fused-ring (bicyclic) bond motifs is 1. The first-order valence-corrected chi connectivity index (χ1v) is 15.8. The predicted molar refractivity (Wildman–Crippen MR) is 179 cm³/mol. The Hall–Kier alpha value is -4.97. The van der Waals surface area contributed by atoms with Gasteiger partial charge in [0, 0.05) is 27.6 Å². The highest BCUT2D eigenvalue weighted by atomic mass is 35.5. The Balaban J connectivity index is 1.23. The summed E-state index contributed by atoms with van der Waals surface area (Å²) in [6.07, 6.45) is 1.46. The van der Waals surface area contributed by atoms with Crippen LogP contribution in [-0.2, 0) is 14.4 Å². The molecule has 4 aromatic rings. The lowest BCUT2D eigenvalue weighted by atomic mass is 10.1. The molecule has 0 aromatic heterocycles. The second kappa shape index (κ2) is 13.8. The van der Waals surface area contributed by atoms with E-state index in [0.717, 1.165) is 4.90 Å². The molecule has 238 valence electrons. The lowest BCUT2D eigenvalue weighted by Crippen LogP contribution is -2.31. The molecule has 1 unspecified atom stereocenters. The van der Waals surface area contributed by atoms with Gasteiger partial charge in [-0.25, -0.2) is 4.90 Å². The highest BCUT2D eigenvalue weighted by Gasteiger charge is 2.41. The average molecular weight is 691 g/mol. The van der Waals surface area contributed by atoms with Crippen molar-refractivity contribution in [3.8, 4) is 17.2 Å². The van der Waals surface area contributed by atoms with E-state index < -0.39 is 28.9 Å². The van der Waals surface area contributed by atoms with Crippen molar-refractivity contribution in [3.63, 3.8) is 0 Å². The number of carbonyl (C=O) groups is 4. The zero-order valence-electron chi connectivity index (χ0n) is 24.6. The minimum atomic E-state index is -0.717. The van der Waals surface area contributed by atoms with E-state index in [2.05, 4.69) is 10.6 Å². The van der Waals surface area contributed by atoms with Crippen molar-refractivity contribution in [2.24, 2.45) is 0 Å². The lowest BCUT2D eigenvalue weighted by molar-refractivity contribution is -0.121. The van der Waals surface area contributed by atoms with Crippen molar-refractivity contribution in [2.75, 3.05) is 24.1 Å². The second-order valence-corrected chi connectivity index (χ2v) is 12.4. The maximum absolute atomic E-state index is 13.7. The molecule has 1 fully saturated rings. The van der Waals surface area contributed by atoms with E-state index in [1.807, 2.05) is 0 Å². The number of amides is 4. The molecule has 13 heteroatoms. The van der Waals surface area contributed by atoms with E-state index in [-0.39, 0.29) is 29.6 Å². The number of hydrogen-bond acceptors (Lipinski definition) is 8. The third kappa shape index (κ3) is 7.07. The fourth-order valence-corrected chi connectivity index (χ4v) is 6.44. The van der Waals surface area contributed by atoms with Crippen LogP contribution in [0.3, 0.4) is 0 Å². The van der Waals surface area contributed by atoms with Crippen LogP contribution in [0.2, 0.25) is 10.0 Å². The molecule has 1 saturated heterocycles. The van der Waals surface area contributed by atoms with E-state index in [0.29, 0.717) is 44.0 Å². The Labute approximate surface area is 283 Å². The number of halogens is 2. The van der Waals surface area contributed by atoms with Gasteiger partial charge in [-0.1, -0.05) is 47.5 Å². The first kappa shape index (κ1) is 32.0. The fraction of sp³-hybridized carbons (Fsp3) is 0.118. The maximum atomic E-state index is 13.7. The Morgan fingerprint density at radius 3 is 2.57 bits per heavy atom. The van der Waals surface area contributed by atoms with Gasteiger partial charge in [0.25, 0.3) is 11.8 Å². The number of hydrogen-bond donors (Lipinski definition) is 2. The molecule has 0 bridgehead atoms. The molecule has 0 radical (unpaired) electrons. The summed E-state index contributed by atoms with van der Waals surface area (Å²) in [6, 6.07) is 23.2. The number of carbonyl (C=O) groups excluding carboxylic acids is 4. The molecule has 0 spiro atoms. The van der Waals surface area contributed by atoms with Crippen LogP contribution < -0.4 is 29.7 Å². The predicted octanol–water partition coefficient (Wildman–Crippen LogP) is 6.56. The van der Waals surface area contributed by atoms with Gasteiger partial charge in [0.1, 0.15) is 5.70 Å². The van der Waals surface area contributed by atoms with Crippen LogP contribution in [0.1, 0.15) is 22.3 Å². The number of methoxy groups -OCH3 is 1. The molecular weight excluding hydrogens is 665 g/mol. The molecule has 10 nitrogen and oxygen atoms in total. The summed E-state index contributed by atoms with van der Waals surface area (Å²) >= 11 is 13.5. The van der Waals surface area contributed by atoms with Crippen molar-refractivity contribution in [3.05, 3.63) is 112 Å². The van der Waals surface area contributed by atoms with Crippen molar-refractivity contribution in [1.29, 1.82) is 0 Å². The van der Waals surface area contributed by atoms with Crippen LogP contribution in [0.5, 0.6) is 17.2 Å². The number of nitrogens with zero attached hydrogens (tertiary/aromatic N) is 1. The first-order chi connectivity index (χ1) is 22.7. The normalized spacial score (nSPS) is 15.5. The van der Waals surface area contributed by atoms with Gasteiger partial charge in [-0.3, -0.25) is 19.2 Å². The molecule has 47 heavy (non-hydrogen) atoms. The van der Waals surface area contributed by atoms with Crippen LogP contribution in [0.25, 0.3) is 6.08 Å². The fourth-order valence-electron chi connectivity index (χ4n) is 4.96. The minimum Gasteiger partial charge on any atom is -0.493 e. The molecular formula is C34H25Cl2N3O7S. The van der Waals surface area contributed by atoms with Crippen molar-refractivity contribution in [1.82, 2.24) is 5.32 Å². The summed E-state index contributed by atoms with van der Waals surface area (Å²) in [5.41, 5.74) is 1.45. The zero-order chi connectivity index (χ0) is 33.1. The van der Waals surface area contributed by atoms with Crippen LogP contribution in [-0.4, -0.2) is 42.8 Å². The molecule has 2 aliphatic rings. The van der Waals surface area contributed by atoms with Gasteiger partial charge in [-0.05, 0) is 72.3 Å². The quantitative estimate of drug-likeness (QED) is 0.150. The summed E-state index contributed by atoms with van der Waals surface area (Å²) in [5, 5.41) is 5.38. The van der Waals surface area contributed by atoms with Crippen molar-refractivity contribution in [2.45, 2.75) is 16.6 Å². The Bertz CT molecular complexity index is 1940. The SMILES string of the molecule is COc1cc(C=C(NC(=O)c2ccccc2)C(=O)Nc2cccc(SC3CC(=O)N(c4cc(Cl)ccc4Cl)C3=O)c2)cc2c1OCO2. The van der Waals surface area contributed by atoms with E-state index in [1.54, 1.807) is 72.8 Å². The molecule has 6 rings (SSSR count). The van der Waals surface area contributed by atoms with Crippen LogP contribution in [0, 0.1) is 0 Å². The largest absolute Gasteiger partial charge is 0.493 e. The third-order valence-electron chi connectivity index (χ3n) is 7.15. The van der Waals surface area contributed by atoms with Crippen molar-refractivity contribution >= 4 is 76.0 Å². The van der Waals surface area contributed by atoms with E-state index in [9.17, 15) is 19.2 Å². The molecule has 0 saturated carbocycles. The van der Waals surface area contributed by atoms with Gasteiger partial charge in [-0.2, -0.15) is 0 Å². The van der Waals surface area contributed by atoms with Crippen LogP contribution >= 0.6 is 35.0 Å². The van der Waals surface area contributed by atoms with E-state index >= 15 is 0 Å². The van der Waals surface area contributed by atoms with Gasteiger partial charge < -0.3 is 24.8 Å². The topological polar surface area (TPSA) is 123 Å². The molecule has 2 N–H and O–H groups in total.